The van der Waals surface area contributed by atoms with Crippen molar-refractivity contribution in [1.82, 2.24) is 10.3 Å². The quantitative estimate of drug-likeness (QED) is 0.877. The van der Waals surface area contributed by atoms with E-state index in [4.69, 9.17) is 5.73 Å². The molecule has 1 aromatic heterocycles. The second kappa shape index (κ2) is 8.60. The zero-order chi connectivity index (χ0) is 13.7. The summed E-state index contributed by atoms with van der Waals surface area (Å²) in [6.45, 7) is 2.75. The molecule has 0 saturated heterocycles. The van der Waals surface area contributed by atoms with E-state index in [-0.39, 0.29) is 30.3 Å². The number of hydrogen-bond donors (Lipinski definition) is 2. The van der Waals surface area contributed by atoms with Crippen LogP contribution in [0.4, 0.5) is 0 Å². The Bertz CT molecular complexity index is 399. The van der Waals surface area contributed by atoms with Crippen LogP contribution < -0.4 is 11.1 Å². The molecule has 0 bridgehead atoms. The molecule has 3 unspecified atom stereocenters. The largest absolute Gasteiger partial charge is 0.355 e. The molecule has 1 amide bonds. The van der Waals surface area contributed by atoms with Gasteiger partial charge in [0.1, 0.15) is 0 Å². The Labute approximate surface area is 131 Å². The fraction of sp³-hybridized carbons (Fsp3) is 0.714. The lowest BCUT2D eigenvalue weighted by Crippen LogP contribution is -2.37. The SMILES string of the molecule is CC(CNC(=O)CC1CCCCC1N)c1nccs1.Cl. The lowest BCUT2D eigenvalue weighted by molar-refractivity contribution is -0.122. The molecule has 0 aromatic carbocycles. The third-order valence-electron chi connectivity index (χ3n) is 3.89. The van der Waals surface area contributed by atoms with Gasteiger partial charge in [0.05, 0.1) is 5.01 Å². The summed E-state index contributed by atoms with van der Waals surface area (Å²) in [5.41, 5.74) is 6.07. The number of carbonyl (C=O) groups excluding carboxylic acids is 1. The van der Waals surface area contributed by atoms with Crippen LogP contribution in [0.3, 0.4) is 0 Å². The van der Waals surface area contributed by atoms with Crippen molar-refractivity contribution in [3.8, 4) is 0 Å². The van der Waals surface area contributed by atoms with E-state index in [1.54, 1.807) is 17.5 Å². The Balaban J connectivity index is 0.00000200. The van der Waals surface area contributed by atoms with Crippen LogP contribution in [0.15, 0.2) is 11.6 Å². The third kappa shape index (κ3) is 5.04. The first kappa shape index (κ1) is 17.4. The molecule has 1 aliphatic carbocycles. The number of carbonyl (C=O) groups is 1. The first-order valence-electron chi connectivity index (χ1n) is 7.08. The van der Waals surface area contributed by atoms with E-state index in [9.17, 15) is 4.79 Å². The zero-order valence-electron chi connectivity index (χ0n) is 11.9. The summed E-state index contributed by atoms with van der Waals surface area (Å²) in [5.74, 6) is 0.777. The average molecular weight is 318 g/mol. The smallest absolute Gasteiger partial charge is 0.220 e. The maximum Gasteiger partial charge on any atom is 0.220 e. The number of hydrogen-bond acceptors (Lipinski definition) is 4. The highest BCUT2D eigenvalue weighted by Gasteiger charge is 2.24. The normalized spacial score (nSPS) is 23.7. The van der Waals surface area contributed by atoms with Crippen LogP contribution in [-0.4, -0.2) is 23.5 Å². The van der Waals surface area contributed by atoms with Gasteiger partial charge in [0.15, 0.2) is 0 Å². The van der Waals surface area contributed by atoms with Gasteiger partial charge in [0.2, 0.25) is 5.91 Å². The standard InChI is InChI=1S/C14H23N3OS.ClH/c1-10(14-16-6-7-19-14)9-17-13(18)8-11-4-2-3-5-12(11)15;/h6-7,10-12H,2-5,8-9,15H2,1H3,(H,17,18);1H. The van der Waals surface area contributed by atoms with Crippen LogP contribution in [0.5, 0.6) is 0 Å². The second-order valence-corrected chi connectivity index (χ2v) is 6.41. The summed E-state index contributed by atoms with van der Waals surface area (Å²) in [6, 6.07) is 0.205. The molecule has 1 heterocycles. The Morgan fingerprint density at radius 1 is 1.55 bits per heavy atom. The summed E-state index contributed by atoms with van der Waals surface area (Å²) in [6.07, 6.45) is 6.96. The maximum absolute atomic E-state index is 11.9. The van der Waals surface area contributed by atoms with Gasteiger partial charge in [-0.15, -0.1) is 23.7 Å². The Hall–Kier alpha value is -0.650. The minimum absolute atomic E-state index is 0. The molecule has 114 valence electrons. The van der Waals surface area contributed by atoms with Crippen LogP contribution in [0.25, 0.3) is 0 Å². The van der Waals surface area contributed by atoms with Gasteiger partial charge >= 0.3 is 0 Å². The van der Waals surface area contributed by atoms with Gasteiger partial charge in [0, 0.05) is 36.5 Å². The lowest BCUT2D eigenvalue weighted by atomic mass is 9.83. The number of amides is 1. The van der Waals surface area contributed by atoms with E-state index < -0.39 is 0 Å². The number of halogens is 1. The van der Waals surface area contributed by atoms with Crippen molar-refractivity contribution in [2.75, 3.05) is 6.54 Å². The van der Waals surface area contributed by atoms with Crippen LogP contribution in [0, 0.1) is 5.92 Å². The molecule has 4 nitrogen and oxygen atoms in total. The zero-order valence-corrected chi connectivity index (χ0v) is 13.5. The van der Waals surface area contributed by atoms with Gasteiger partial charge in [-0.1, -0.05) is 19.8 Å². The van der Waals surface area contributed by atoms with Crippen molar-refractivity contribution in [3.63, 3.8) is 0 Å². The molecule has 1 aliphatic rings. The molecule has 1 aromatic rings. The first-order valence-corrected chi connectivity index (χ1v) is 7.96. The van der Waals surface area contributed by atoms with E-state index in [0.717, 1.165) is 17.8 Å². The molecule has 0 radical (unpaired) electrons. The van der Waals surface area contributed by atoms with E-state index in [1.807, 2.05) is 5.38 Å². The number of thiazole rings is 1. The highest BCUT2D eigenvalue weighted by Crippen LogP contribution is 2.25. The van der Waals surface area contributed by atoms with Crippen molar-refractivity contribution < 1.29 is 4.79 Å². The maximum atomic E-state index is 11.9. The molecule has 20 heavy (non-hydrogen) atoms. The van der Waals surface area contributed by atoms with Crippen molar-refractivity contribution in [3.05, 3.63) is 16.6 Å². The molecule has 3 atom stereocenters. The molecule has 1 fully saturated rings. The van der Waals surface area contributed by atoms with Gasteiger partial charge in [-0.3, -0.25) is 4.79 Å². The average Bonchev–Trinajstić information content (AvgIpc) is 2.93. The molecule has 6 heteroatoms. The van der Waals surface area contributed by atoms with Gasteiger partial charge in [0.25, 0.3) is 0 Å². The Morgan fingerprint density at radius 3 is 2.95 bits per heavy atom. The van der Waals surface area contributed by atoms with E-state index in [2.05, 4.69) is 17.2 Å². The van der Waals surface area contributed by atoms with Crippen LogP contribution in [-0.2, 0) is 4.79 Å². The van der Waals surface area contributed by atoms with Crippen molar-refractivity contribution in [2.45, 2.75) is 51.0 Å². The first-order chi connectivity index (χ1) is 9.16. The van der Waals surface area contributed by atoms with E-state index in [0.29, 0.717) is 18.9 Å². The predicted octanol–water partition coefficient (Wildman–Crippen LogP) is 2.69. The monoisotopic (exact) mass is 317 g/mol. The number of rotatable bonds is 5. The second-order valence-electron chi connectivity index (χ2n) is 5.49. The Morgan fingerprint density at radius 2 is 2.30 bits per heavy atom. The number of nitrogens with two attached hydrogens (primary N) is 1. The fourth-order valence-corrected chi connectivity index (χ4v) is 3.33. The van der Waals surface area contributed by atoms with Crippen LogP contribution in [0.1, 0.15) is 50.0 Å². The van der Waals surface area contributed by atoms with Gasteiger partial charge in [-0.05, 0) is 18.8 Å². The summed E-state index contributed by atoms with van der Waals surface area (Å²) in [7, 11) is 0. The number of aromatic nitrogens is 1. The molecule has 0 spiro atoms. The molecular formula is C14H24ClN3OS. The third-order valence-corrected chi connectivity index (χ3v) is 4.90. The predicted molar refractivity (Wildman–Crippen MR) is 85.3 cm³/mol. The Kier molecular flexibility index (Phi) is 7.48. The van der Waals surface area contributed by atoms with Crippen LogP contribution in [0.2, 0.25) is 0 Å². The lowest BCUT2D eigenvalue weighted by Gasteiger charge is -2.28. The summed E-state index contributed by atoms with van der Waals surface area (Å²) in [4.78, 5) is 16.2. The highest BCUT2D eigenvalue weighted by molar-refractivity contribution is 7.09. The van der Waals surface area contributed by atoms with Gasteiger partial charge in [-0.25, -0.2) is 4.98 Å². The molecule has 1 saturated carbocycles. The number of nitrogens with zero attached hydrogens (tertiary/aromatic N) is 1. The summed E-state index contributed by atoms with van der Waals surface area (Å²) in [5, 5.41) is 6.06. The molecule has 2 rings (SSSR count). The minimum atomic E-state index is 0. The molecule has 0 aliphatic heterocycles. The van der Waals surface area contributed by atoms with Crippen molar-refractivity contribution in [1.29, 1.82) is 0 Å². The van der Waals surface area contributed by atoms with Crippen molar-refractivity contribution in [2.24, 2.45) is 11.7 Å². The van der Waals surface area contributed by atoms with Crippen molar-refractivity contribution >= 4 is 29.7 Å². The summed E-state index contributed by atoms with van der Waals surface area (Å²) < 4.78 is 0. The van der Waals surface area contributed by atoms with Crippen LogP contribution >= 0.6 is 23.7 Å². The molecule has 3 N–H and O–H groups in total. The van der Waals surface area contributed by atoms with Gasteiger partial charge < -0.3 is 11.1 Å². The van der Waals surface area contributed by atoms with E-state index >= 15 is 0 Å². The highest BCUT2D eigenvalue weighted by atomic mass is 35.5. The topological polar surface area (TPSA) is 68.0 Å². The fourth-order valence-electron chi connectivity index (χ4n) is 2.63. The van der Waals surface area contributed by atoms with E-state index in [1.165, 1.54) is 12.8 Å². The molecular weight excluding hydrogens is 294 g/mol. The number of nitrogens with one attached hydrogen (secondary N) is 1. The van der Waals surface area contributed by atoms with Gasteiger partial charge in [-0.2, -0.15) is 0 Å². The summed E-state index contributed by atoms with van der Waals surface area (Å²) >= 11 is 1.64. The minimum Gasteiger partial charge on any atom is -0.355 e.